The van der Waals surface area contributed by atoms with Gasteiger partial charge < -0.3 is 10.5 Å². The summed E-state index contributed by atoms with van der Waals surface area (Å²) in [5.74, 6) is -0.432. The highest BCUT2D eigenvalue weighted by molar-refractivity contribution is 9.10. The Morgan fingerprint density at radius 2 is 2.16 bits per heavy atom. The van der Waals surface area contributed by atoms with Crippen LogP contribution in [-0.2, 0) is 10.8 Å². The number of hydrogen-bond acceptors (Lipinski definition) is 5. The average molecular weight is 458 g/mol. The van der Waals surface area contributed by atoms with Crippen LogP contribution in [0.25, 0.3) is 5.69 Å². The maximum atomic E-state index is 12.3. The molecule has 0 saturated heterocycles. The molecule has 0 bridgehead atoms. The second-order valence-corrected chi connectivity index (χ2v) is 7.44. The molecule has 2 rings (SSSR count). The molecule has 0 amide bonds. The fourth-order valence-electron chi connectivity index (χ4n) is 1.97. The summed E-state index contributed by atoms with van der Waals surface area (Å²) in [7, 11) is -1.56. The molecule has 0 aliphatic rings. The normalized spacial score (nSPS) is 12.7. The first-order chi connectivity index (χ1) is 11.6. The minimum atomic E-state index is -4.88. The number of benzene rings is 1. The monoisotopic (exact) mass is 456 g/mol. The van der Waals surface area contributed by atoms with Gasteiger partial charge >= 0.3 is 6.36 Å². The molecule has 0 aliphatic carbocycles. The van der Waals surface area contributed by atoms with E-state index in [1.807, 2.05) is 0 Å². The number of halogens is 5. The lowest BCUT2D eigenvalue weighted by Gasteiger charge is -2.13. The summed E-state index contributed by atoms with van der Waals surface area (Å²) >= 11 is 9.12. The Morgan fingerprint density at radius 3 is 2.64 bits per heavy atom. The lowest BCUT2D eigenvalue weighted by Crippen LogP contribution is -2.17. The maximum absolute atomic E-state index is 12.3. The average Bonchev–Trinajstić information content (AvgIpc) is 2.81. The molecule has 134 valence electrons. The summed E-state index contributed by atoms with van der Waals surface area (Å²) < 4.78 is 54.0. The number of ether oxygens (including phenoxy) is 1. The number of alkyl halides is 3. The highest BCUT2D eigenvalue weighted by atomic mass is 79.9. The Morgan fingerprint density at radius 1 is 1.52 bits per heavy atom. The summed E-state index contributed by atoms with van der Waals surface area (Å²) in [4.78, 5) is 0.0450. The second-order valence-electron chi connectivity index (χ2n) is 4.50. The van der Waals surface area contributed by atoms with E-state index in [1.165, 1.54) is 0 Å². The van der Waals surface area contributed by atoms with Crippen LogP contribution in [0.5, 0.6) is 5.75 Å². The summed E-state index contributed by atoms with van der Waals surface area (Å²) in [5, 5.41) is 12.9. The first kappa shape index (κ1) is 19.6. The highest BCUT2D eigenvalue weighted by Gasteiger charge is 2.32. The van der Waals surface area contributed by atoms with Crippen molar-refractivity contribution in [3.05, 3.63) is 27.3 Å². The van der Waals surface area contributed by atoms with Gasteiger partial charge in [0.25, 0.3) is 0 Å². The molecule has 1 aromatic heterocycles. The van der Waals surface area contributed by atoms with E-state index in [4.69, 9.17) is 22.6 Å². The molecule has 0 radical (unpaired) electrons. The predicted molar refractivity (Wildman–Crippen MR) is 89.0 cm³/mol. The standard InChI is InChI=1S/C13H9BrClF3N4O2S/c1-2-25(23)11-9(5-19)21-22(12(11)20)10-7(14)3-6(4-8(10)15)24-13(16,17)18/h3-4H,2,20H2,1H3. The molecule has 0 saturated carbocycles. The van der Waals surface area contributed by atoms with Crippen LogP contribution in [0.3, 0.4) is 0 Å². The van der Waals surface area contributed by atoms with Crippen LogP contribution in [0.4, 0.5) is 19.0 Å². The molecule has 1 aromatic carbocycles. The molecule has 1 unspecified atom stereocenters. The van der Waals surface area contributed by atoms with Crippen molar-refractivity contribution in [2.75, 3.05) is 11.5 Å². The third-order valence-corrected chi connectivity index (χ3v) is 5.18. The zero-order chi connectivity index (χ0) is 18.9. The van der Waals surface area contributed by atoms with Crippen LogP contribution in [0.2, 0.25) is 5.02 Å². The number of hydrogen-bond donors (Lipinski definition) is 1. The van der Waals surface area contributed by atoms with Gasteiger partial charge in [-0.2, -0.15) is 10.4 Å². The molecular formula is C13H9BrClF3N4O2S. The van der Waals surface area contributed by atoms with Crippen molar-refractivity contribution >= 4 is 44.1 Å². The van der Waals surface area contributed by atoms with Gasteiger partial charge in [0.2, 0.25) is 0 Å². The maximum Gasteiger partial charge on any atom is 0.573 e. The molecule has 25 heavy (non-hydrogen) atoms. The van der Waals surface area contributed by atoms with E-state index in [1.54, 1.807) is 13.0 Å². The van der Waals surface area contributed by atoms with E-state index >= 15 is 0 Å². The first-order valence-electron chi connectivity index (χ1n) is 6.51. The van der Waals surface area contributed by atoms with Gasteiger partial charge in [-0.3, -0.25) is 4.21 Å². The van der Waals surface area contributed by atoms with Crippen molar-refractivity contribution in [1.82, 2.24) is 9.78 Å². The minimum Gasteiger partial charge on any atom is -0.406 e. The molecule has 0 spiro atoms. The number of nitriles is 1. The Kier molecular flexibility index (Phi) is 5.65. The topological polar surface area (TPSA) is 93.9 Å². The Bertz CT molecular complexity index is 872. The van der Waals surface area contributed by atoms with Crippen LogP contribution in [0, 0.1) is 11.3 Å². The van der Waals surface area contributed by atoms with Crippen LogP contribution >= 0.6 is 27.5 Å². The minimum absolute atomic E-state index is 0.0450. The van der Waals surface area contributed by atoms with Gasteiger partial charge in [-0.25, -0.2) is 4.68 Å². The SMILES string of the molecule is CCS(=O)c1c(C#N)nn(-c2c(Cl)cc(OC(F)(F)F)cc2Br)c1N. The van der Waals surface area contributed by atoms with Crippen LogP contribution in [0.15, 0.2) is 21.5 Å². The van der Waals surface area contributed by atoms with Gasteiger partial charge in [-0.1, -0.05) is 18.5 Å². The number of nitrogens with zero attached hydrogens (tertiary/aromatic N) is 3. The van der Waals surface area contributed by atoms with Crippen molar-refractivity contribution in [2.45, 2.75) is 18.2 Å². The Labute approximate surface area is 155 Å². The van der Waals surface area contributed by atoms with E-state index < -0.39 is 22.9 Å². The lowest BCUT2D eigenvalue weighted by atomic mass is 10.3. The van der Waals surface area contributed by atoms with E-state index in [0.717, 1.165) is 16.8 Å². The van der Waals surface area contributed by atoms with Crippen LogP contribution in [-0.4, -0.2) is 26.1 Å². The van der Waals surface area contributed by atoms with Crippen molar-refractivity contribution in [3.63, 3.8) is 0 Å². The summed E-state index contributed by atoms with van der Waals surface area (Å²) in [5.41, 5.74) is 5.86. The van der Waals surface area contributed by atoms with Gasteiger partial charge in [0.1, 0.15) is 28.2 Å². The van der Waals surface area contributed by atoms with E-state index in [0.29, 0.717) is 0 Å². The summed E-state index contributed by atoms with van der Waals surface area (Å²) in [6.45, 7) is 1.64. The molecule has 0 fully saturated rings. The van der Waals surface area contributed by atoms with Gasteiger partial charge in [-0.05, 0) is 22.0 Å². The number of anilines is 1. The molecule has 1 atom stereocenters. The summed E-state index contributed by atoms with van der Waals surface area (Å²) in [6, 6.07) is 3.74. The largest absolute Gasteiger partial charge is 0.573 e. The molecule has 1 heterocycles. The quantitative estimate of drug-likeness (QED) is 0.754. The fraction of sp³-hybridized carbons (Fsp3) is 0.231. The highest BCUT2D eigenvalue weighted by Crippen LogP contribution is 2.37. The smallest absolute Gasteiger partial charge is 0.406 e. The third kappa shape index (κ3) is 4.08. The molecule has 0 aliphatic heterocycles. The van der Waals surface area contributed by atoms with Gasteiger partial charge in [0.15, 0.2) is 5.69 Å². The molecule has 6 nitrogen and oxygen atoms in total. The number of nitrogen functional groups attached to an aromatic ring is 1. The Balaban J connectivity index is 2.62. The molecule has 2 N–H and O–H groups in total. The number of nitrogens with two attached hydrogens (primary N) is 1. The zero-order valence-corrected chi connectivity index (χ0v) is 15.6. The van der Waals surface area contributed by atoms with E-state index in [2.05, 4.69) is 25.8 Å². The first-order valence-corrected chi connectivity index (χ1v) is 9.00. The van der Waals surface area contributed by atoms with Gasteiger partial charge in [0, 0.05) is 16.3 Å². The van der Waals surface area contributed by atoms with Crippen molar-refractivity contribution in [2.24, 2.45) is 0 Å². The Hall–Kier alpha value is -1.77. The number of rotatable bonds is 4. The van der Waals surface area contributed by atoms with Crippen LogP contribution in [0.1, 0.15) is 12.6 Å². The third-order valence-electron chi connectivity index (χ3n) is 2.91. The predicted octanol–water partition coefficient (Wildman–Crippen LogP) is 3.77. The fourth-order valence-corrected chi connectivity index (χ4v) is 3.89. The second kappa shape index (κ2) is 7.23. The zero-order valence-electron chi connectivity index (χ0n) is 12.4. The van der Waals surface area contributed by atoms with Crippen molar-refractivity contribution in [1.29, 1.82) is 5.26 Å². The van der Waals surface area contributed by atoms with E-state index in [9.17, 15) is 17.4 Å². The molecule has 2 aromatic rings. The van der Waals surface area contributed by atoms with E-state index in [-0.39, 0.29) is 37.3 Å². The number of aromatic nitrogens is 2. The summed E-state index contributed by atoms with van der Waals surface area (Å²) in [6.07, 6.45) is -4.88. The van der Waals surface area contributed by atoms with Crippen molar-refractivity contribution in [3.8, 4) is 17.5 Å². The van der Waals surface area contributed by atoms with Crippen molar-refractivity contribution < 1.29 is 22.1 Å². The van der Waals surface area contributed by atoms with Gasteiger partial charge in [-0.15, -0.1) is 13.2 Å². The van der Waals surface area contributed by atoms with Crippen LogP contribution < -0.4 is 10.5 Å². The molecule has 12 heteroatoms. The van der Waals surface area contributed by atoms with Gasteiger partial charge in [0.05, 0.1) is 15.8 Å². The lowest BCUT2D eigenvalue weighted by molar-refractivity contribution is -0.274. The molecular weight excluding hydrogens is 449 g/mol.